The van der Waals surface area contributed by atoms with Gasteiger partial charge in [0.15, 0.2) is 0 Å². The zero-order chi connectivity index (χ0) is 16.9. The molecule has 1 saturated carbocycles. The van der Waals surface area contributed by atoms with Crippen molar-refractivity contribution in [2.45, 2.75) is 18.9 Å². The van der Waals surface area contributed by atoms with E-state index in [-0.39, 0.29) is 11.8 Å². The second kappa shape index (κ2) is 7.32. The predicted octanol–water partition coefficient (Wildman–Crippen LogP) is 3.88. The Morgan fingerprint density at radius 1 is 1.08 bits per heavy atom. The molecular formula is C19H17ClN2O2. The maximum absolute atomic E-state index is 11.9. The molecule has 5 heteroatoms. The maximum atomic E-state index is 11.9. The van der Waals surface area contributed by atoms with Crippen LogP contribution in [-0.2, 0) is 4.79 Å². The molecule has 0 heterocycles. The lowest BCUT2D eigenvalue weighted by atomic mass is 10.2. The van der Waals surface area contributed by atoms with Gasteiger partial charge in [-0.2, -0.15) is 0 Å². The van der Waals surface area contributed by atoms with Crippen LogP contribution in [0.2, 0.25) is 5.02 Å². The lowest BCUT2D eigenvalue weighted by molar-refractivity contribution is -0.111. The molecule has 0 aromatic heterocycles. The van der Waals surface area contributed by atoms with Gasteiger partial charge in [-0.15, -0.1) is 0 Å². The Balaban J connectivity index is 1.56. The molecule has 122 valence electrons. The highest BCUT2D eigenvalue weighted by Crippen LogP contribution is 2.19. The Labute approximate surface area is 145 Å². The van der Waals surface area contributed by atoms with Crippen molar-refractivity contribution >= 4 is 35.2 Å². The van der Waals surface area contributed by atoms with Crippen molar-refractivity contribution in [3.8, 4) is 0 Å². The third kappa shape index (κ3) is 4.70. The van der Waals surface area contributed by atoms with E-state index in [2.05, 4.69) is 10.6 Å². The molecule has 0 saturated heterocycles. The quantitative estimate of drug-likeness (QED) is 0.811. The van der Waals surface area contributed by atoms with E-state index in [0.717, 1.165) is 18.4 Å². The van der Waals surface area contributed by atoms with Gasteiger partial charge >= 0.3 is 0 Å². The fraction of sp³-hybridized carbons (Fsp3) is 0.158. The number of halogens is 1. The van der Waals surface area contributed by atoms with Crippen molar-refractivity contribution in [3.05, 3.63) is 70.8 Å². The second-order valence-electron chi connectivity index (χ2n) is 5.70. The zero-order valence-corrected chi connectivity index (χ0v) is 13.7. The van der Waals surface area contributed by atoms with Gasteiger partial charge in [0.25, 0.3) is 5.91 Å². The lowest BCUT2D eigenvalue weighted by Gasteiger charge is -2.05. The lowest BCUT2D eigenvalue weighted by Crippen LogP contribution is -2.25. The first-order chi connectivity index (χ1) is 11.6. The topological polar surface area (TPSA) is 58.2 Å². The molecule has 2 amide bonds. The molecule has 1 fully saturated rings. The van der Waals surface area contributed by atoms with Gasteiger partial charge in [0.1, 0.15) is 0 Å². The van der Waals surface area contributed by atoms with Crippen LogP contribution in [0.4, 0.5) is 5.69 Å². The van der Waals surface area contributed by atoms with E-state index in [1.54, 1.807) is 42.5 Å². The van der Waals surface area contributed by atoms with E-state index < -0.39 is 0 Å². The number of anilines is 1. The SMILES string of the molecule is O=C(/C=C/c1cccc(Cl)c1)Nc1ccc(C(=O)NC2CC2)cc1. The molecule has 0 spiro atoms. The number of hydrogen-bond donors (Lipinski definition) is 2. The average molecular weight is 341 g/mol. The maximum Gasteiger partial charge on any atom is 0.251 e. The van der Waals surface area contributed by atoms with Crippen molar-refractivity contribution in [2.75, 3.05) is 5.32 Å². The van der Waals surface area contributed by atoms with Gasteiger partial charge in [0.2, 0.25) is 5.91 Å². The summed E-state index contributed by atoms with van der Waals surface area (Å²) in [6.45, 7) is 0. The fourth-order valence-corrected chi connectivity index (χ4v) is 2.37. The molecule has 2 aromatic rings. The van der Waals surface area contributed by atoms with Gasteiger partial charge in [-0.05, 0) is 60.9 Å². The summed E-state index contributed by atoms with van der Waals surface area (Å²) in [4.78, 5) is 23.8. The molecule has 24 heavy (non-hydrogen) atoms. The summed E-state index contributed by atoms with van der Waals surface area (Å²) in [6.07, 6.45) is 5.25. The minimum atomic E-state index is -0.245. The van der Waals surface area contributed by atoms with E-state index in [0.29, 0.717) is 22.3 Å². The molecule has 3 rings (SSSR count). The van der Waals surface area contributed by atoms with Crippen LogP contribution in [0.3, 0.4) is 0 Å². The summed E-state index contributed by atoms with van der Waals surface area (Å²) in [5.41, 5.74) is 2.08. The van der Waals surface area contributed by atoms with Gasteiger partial charge < -0.3 is 10.6 Å². The minimum Gasteiger partial charge on any atom is -0.349 e. The molecule has 1 aliphatic carbocycles. The molecular weight excluding hydrogens is 324 g/mol. The van der Waals surface area contributed by atoms with Crippen LogP contribution in [0, 0.1) is 0 Å². The monoisotopic (exact) mass is 340 g/mol. The predicted molar refractivity (Wildman–Crippen MR) is 96.0 cm³/mol. The van der Waals surface area contributed by atoms with Crippen LogP contribution in [0.1, 0.15) is 28.8 Å². The second-order valence-corrected chi connectivity index (χ2v) is 6.14. The molecule has 0 aliphatic heterocycles. The largest absolute Gasteiger partial charge is 0.349 e. The molecule has 2 aromatic carbocycles. The van der Waals surface area contributed by atoms with E-state index in [9.17, 15) is 9.59 Å². The van der Waals surface area contributed by atoms with Gasteiger partial charge in [-0.3, -0.25) is 9.59 Å². The number of nitrogens with one attached hydrogen (secondary N) is 2. The third-order valence-electron chi connectivity index (χ3n) is 3.60. The van der Waals surface area contributed by atoms with Crippen molar-refractivity contribution in [1.29, 1.82) is 0 Å². The van der Waals surface area contributed by atoms with Crippen molar-refractivity contribution in [1.82, 2.24) is 5.32 Å². The van der Waals surface area contributed by atoms with Crippen molar-refractivity contribution in [3.63, 3.8) is 0 Å². The molecule has 0 unspecified atom stereocenters. The van der Waals surface area contributed by atoms with Crippen LogP contribution < -0.4 is 10.6 Å². The van der Waals surface area contributed by atoms with Crippen LogP contribution >= 0.6 is 11.6 Å². The number of amides is 2. The molecule has 0 bridgehead atoms. The van der Waals surface area contributed by atoms with Gasteiger partial charge in [-0.25, -0.2) is 0 Å². The first kappa shape index (κ1) is 16.3. The van der Waals surface area contributed by atoms with Crippen LogP contribution in [0.15, 0.2) is 54.6 Å². The molecule has 2 N–H and O–H groups in total. The van der Waals surface area contributed by atoms with E-state index in [1.807, 2.05) is 12.1 Å². The normalized spacial score (nSPS) is 13.7. The van der Waals surface area contributed by atoms with Gasteiger partial charge in [0.05, 0.1) is 0 Å². The summed E-state index contributed by atoms with van der Waals surface area (Å²) in [5, 5.41) is 6.30. The average Bonchev–Trinajstić information content (AvgIpc) is 3.38. The van der Waals surface area contributed by atoms with E-state index >= 15 is 0 Å². The summed E-state index contributed by atoms with van der Waals surface area (Å²) in [6, 6.07) is 14.4. The number of carbonyl (C=O) groups is 2. The molecule has 1 aliphatic rings. The Morgan fingerprint density at radius 3 is 2.50 bits per heavy atom. The number of carbonyl (C=O) groups excluding carboxylic acids is 2. The smallest absolute Gasteiger partial charge is 0.251 e. The summed E-state index contributed by atoms with van der Waals surface area (Å²) in [7, 11) is 0. The molecule has 0 radical (unpaired) electrons. The minimum absolute atomic E-state index is 0.0729. The highest BCUT2D eigenvalue weighted by Gasteiger charge is 2.23. The highest BCUT2D eigenvalue weighted by molar-refractivity contribution is 6.30. The first-order valence-corrected chi connectivity index (χ1v) is 8.13. The Morgan fingerprint density at radius 2 is 1.83 bits per heavy atom. The Hall–Kier alpha value is -2.59. The third-order valence-corrected chi connectivity index (χ3v) is 3.84. The van der Waals surface area contributed by atoms with E-state index in [4.69, 9.17) is 11.6 Å². The van der Waals surface area contributed by atoms with Gasteiger partial charge in [0, 0.05) is 28.4 Å². The standard InChI is InChI=1S/C19H17ClN2O2/c20-15-3-1-2-13(12-15)4-11-18(23)21-16-7-5-14(6-8-16)19(24)22-17-9-10-17/h1-8,11-12,17H,9-10H2,(H,21,23)(H,22,24)/b11-4+. The van der Waals surface area contributed by atoms with Crippen LogP contribution in [0.5, 0.6) is 0 Å². The highest BCUT2D eigenvalue weighted by atomic mass is 35.5. The summed E-state index contributed by atoms with van der Waals surface area (Å²) in [5.74, 6) is -0.318. The number of benzene rings is 2. The van der Waals surface area contributed by atoms with Crippen LogP contribution in [0.25, 0.3) is 6.08 Å². The van der Waals surface area contributed by atoms with E-state index in [1.165, 1.54) is 6.08 Å². The fourth-order valence-electron chi connectivity index (χ4n) is 2.17. The zero-order valence-electron chi connectivity index (χ0n) is 13.0. The van der Waals surface area contributed by atoms with Crippen molar-refractivity contribution in [2.24, 2.45) is 0 Å². The first-order valence-electron chi connectivity index (χ1n) is 7.76. The summed E-state index contributed by atoms with van der Waals surface area (Å²) < 4.78 is 0. The van der Waals surface area contributed by atoms with Gasteiger partial charge in [-0.1, -0.05) is 23.7 Å². The Kier molecular flexibility index (Phi) is 4.96. The van der Waals surface area contributed by atoms with Crippen molar-refractivity contribution < 1.29 is 9.59 Å². The van der Waals surface area contributed by atoms with Crippen LogP contribution in [-0.4, -0.2) is 17.9 Å². The number of hydrogen-bond acceptors (Lipinski definition) is 2. The molecule has 0 atom stereocenters. The Bertz CT molecular complexity index is 780. The molecule has 4 nitrogen and oxygen atoms in total. The number of rotatable bonds is 5. The summed E-state index contributed by atoms with van der Waals surface area (Å²) >= 11 is 5.90.